The van der Waals surface area contributed by atoms with E-state index in [4.69, 9.17) is 10.7 Å². The minimum atomic E-state index is 0.160. The van der Waals surface area contributed by atoms with Crippen LogP contribution in [0.1, 0.15) is 55.2 Å². The Balaban J connectivity index is 1.37. The zero-order chi connectivity index (χ0) is 21.2. The fraction of sp³-hybridized carbons (Fsp3) is 0.542. The molecular weight excluding hydrogens is 388 g/mol. The number of rotatable bonds is 6. The highest BCUT2D eigenvalue weighted by atomic mass is 16.1. The largest absolute Gasteiger partial charge is 0.383 e. The van der Waals surface area contributed by atoms with Gasteiger partial charge in [-0.05, 0) is 49.9 Å². The molecule has 1 aromatic carbocycles. The molecule has 1 saturated heterocycles. The van der Waals surface area contributed by atoms with Gasteiger partial charge in [0.2, 0.25) is 5.95 Å². The molecule has 2 aromatic rings. The Labute approximate surface area is 184 Å². The van der Waals surface area contributed by atoms with E-state index in [1.807, 2.05) is 0 Å². The van der Waals surface area contributed by atoms with Gasteiger partial charge in [0.05, 0.1) is 6.54 Å². The van der Waals surface area contributed by atoms with E-state index in [2.05, 4.69) is 44.4 Å². The Morgan fingerprint density at radius 3 is 2.55 bits per heavy atom. The molecule has 3 heterocycles. The van der Waals surface area contributed by atoms with Crippen LogP contribution in [0.25, 0.3) is 0 Å². The Kier molecular flexibility index (Phi) is 5.76. The van der Waals surface area contributed by atoms with E-state index in [1.165, 1.54) is 49.9 Å². The van der Waals surface area contributed by atoms with Gasteiger partial charge < -0.3 is 16.0 Å². The van der Waals surface area contributed by atoms with Crippen molar-refractivity contribution in [2.75, 3.05) is 35.6 Å². The predicted octanol–water partition coefficient (Wildman–Crippen LogP) is 3.14. The van der Waals surface area contributed by atoms with Gasteiger partial charge in [-0.15, -0.1) is 0 Å². The summed E-state index contributed by atoms with van der Waals surface area (Å²) in [7, 11) is 0. The van der Waals surface area contributed by atoms with Crippen LogP contribution >= 0.6 is 0 Å². The average Bonchev–Trinajstić information content (AvgIpc) is 3.44. The number of Topliss-reactive ketones (excluding diaryl/α,β-unsaturated/α-hetero) is 1. The summed E-state index contributed by atoms with van der Waals surface area (Å²) < 4.78 is 0. The van der Waals surface area contributed by atoms with Crippen molar-refractivity contribution in [3.05, 3.63) is 41.0 Å². The molecule has 0 bridgehead atoms. The quantitative estimate of drug-likeness (QED) is 0.742. The van der Waals surface area contributed by atoms with Crippen LogP contribution in [-0.2, 0) is 24.3 Å². The number of benzene rings is 1. The maximum Gasteiger partial charge on any atom is 0.226 e. The van der Waals surface area contributed by atoms with Gasteiger partial charge in [-0.1, -0.05) is 37.1 Å². The molecule has 3 N–H and O–H groups in total. The number of aromatic nitrogens is 2. The van der Waals surface area contributed by atoms with Crippen molar-refractivity contribution >= 4 is 23.4 Å². The second-order valence-corrected chi connectivity index (χ2v) is 9.24. The van der Waals surface area contributed by atoms with E-state index >= 15 is 0 Å². The second-order valence-electron chi connectivity index (χ2n) is 9.24. The third-order valence-electron chi connectivity index (χ3n) is 6.72. The van der Waals surface area contributed by atoms with E-state index in [-0.39, 0.29) is 5.78 Å². The molecule has 0 spiro atoms. The number of nitrogens with two attached hydrogens (primary N) is 1. The normalized spacial score (nSPS) is 19.7. The molecule has 3 aliphatic rings. The fourth-order valence-corrected chi connectivity index (χ4v) is 5.15. The maximum atomic E-state index is 12.5. The zero-order valence-corrected chi connectivity index (χ0v) is 18.1. The number of fused-ring (bicyclic) bond motifs is 1. The highest BCUT2D eigenvalue weighted by Gasteiger charge is 2.28. The number of hydrogen-bond donors (Lipinski definition) is 2. The summed E-state index contributed by atoms with van der Waals surface area (Å²) in [4.78, 5) is 26.3. The Bertz CT molecular complexity index is 949. The number of ketones is 1. The van der Waals surface area contributed by atoms with E-state index in [9.17, 15) is 4.79 Å². The Morgan fingerprint density at radius 2 is 1.77 bits per heavy atom. The van der Waals surface area contributed by atoms with Crippen LogP contribution in [0.2, 0.25) is 0 Å². The fourth-order valence-electron chi connectivity index (χ4n) is 5.15. The van der Waals surface area contributed by atoms with Crippen molar-refractivity contribution in [1.82, 2.24) is 14.9 Å². The second kappa shape index (κ2) is 8.83. The van der Waals surface area contributed by atoms with Gasteiger partial charge in [0.25, 0.3) is 0 Å². The van der Waals surface area contributed by atoms with Crippen LogP contribution in [0.5, 0.6) is 0 Å². The molecule has 1 aromatic heterocycles. The van der Waals surface area contributed by atoms with Gasteiger partial charge in [-0.3, -0.25) is 9.69 Å². The number of carbonyl (C=O) groups is 1. The lowest BCUT2D eigenvalue weighted by Gasteiger charge is -2.30. The van der Waals surface area contributed by atoms with Crippen LogP contribution in [0, 0.1) is 0 Å². The molecule has 1 saturated carbocycles. The summed E-state index contributed by atoms with van der Waals surface area (Å²) >= 11 is 0. The molecule has 164 valence electrons. The number of carbonyl (C=O) groups excluding carboxylic acids is 1. The number of hydrogen-bond acceptors (Lipinski definition) is 7. The molecule has 1 aliphatic carbocycles. The molecular formula is C24H32N6O. The van der Waals surface area contributed by atoms with Gasteiger partial charge in [0, 0.05) is 31.1 Å². The first-order valence-corrected chi connectivity index (χ1v) is 11.6. The molecule has 7 nitrogen and oxygen atoms in total. The number of nitrogens with one attached hydrogen (secondary N) is 1. The minimum Gasteiger partial charge on any atom is -0.383 e. The highest BCUT2D eigenvalue weighted by Crippen LogP contribution is 2.31. The Hall–Kier alpha value is -2.67. The van der Waals surface area contributed by atoms with Crippen molar-refractivity contribution in [2.45, 2.75) is 64.1 Å². The summed E-state index contributed by atoms with van der Waals surface area (Å²) in [6.45, 7) is 4.37. The van der Waals surface area contributed by atoms with Crippen molar-refractivity contribution in [2.24, 2.45) is 0 Å². The van der Waals surface area contributed by atoms with Crippen LogP contribution < -0.4 is 16.0 Å². The standard InChI is InChI=1S/C24H32N6O/c25-22-21-13-20(31)16-30(23(21)28-24(27-22)26-19-8-1-2-9-19)15-18-7-5-6-17(12-18)14-29-10-3-4-11-29/h5-7,12,19H,1-4,8-11,13-16H2,(H3,25,26,27,28). The summed E-state index contributed by atoms with van der Waals surface area (Å²) in [5.74, 6) is 1.97. The van der Waals surface area contributed by atoms with Crippen LogP contribution in [0.15, 0.2) is 24.3 Å². The third kappa shape index (κ3) is 4.66. The van der Waals surface area contributed by atoms with Crippen molar-refractivity contribution in [3.63, 3.8) is 0 Å². The molecule has 2 aliphatic heterocycles. The van der Waals surface area contributed by atoms with Crippen molar-refractivity contribution in [3.8, 4) is 0 Å². The molecule has 0 amide bonds. The van der Waals surface area contributed by atoms with Gasteiger partial charge in [-0.2, -0.15) is 9.97 Å². The van der Waals surface area contributed by atoms with E-state index in [0.29, 0.717) is 37.3 Å². The van der Waals surface area contributed by atoms with Crippen molar-refractivity contribution < 1.29 is 4.79 Å². The van der Waals surface area contributed by atoms with Crippen LogP contribution in [0.3, 0.4) is 0 Å². The molecule has 0 unspecified atom stereocenters. The molecule has 0 atom stereocenters. The monoisotopic (exact) mass is 420 g/mol. The first-order valence-electron chi connectivity index (χ1n) is 11.6. The number of likely N-dealkylation sites (tertiary alicyclic amines) is 1. The minimum absolute atomic E-state index is 0.160. The SMILES string of the molecule is Nc1nc(NC2CCCC2)nc2c1CC(=O)CN2Cc1cccc(CN2CCCC2)c1. The van der Waals surface area contributed by atoms with Gasteiger partial charge in [-0.25, -0.2) is 0 Å². The maximum absolute atomic E-state index is 12.5. The summed E-state index contributed by atoms with van der Waals surface area (Å²) in [6, 6.07) is 9.13. The first kappa shape index (κ1) is 20.2. The average molecular weight is 421 g/mol. The number of nitrogen functional groups attached to an aromatic ring is 1. The predicted molar refractivity (Wildman–Crippen MR) is 123 cm³/mol. The number of anilines is 3. The smallest absolute Gasteiger partial charge is 0.226 e. The van der Waals surface area contributed by atoms with Crippen LogP contribution in [-0.4, -0.2) is 46.3 Å². The Morgan fingerprint density at radius 1 is 1.03 bits per heavy atom. The zero-order valence-electron chi connectivity index (χ0n) is 18.1. The van der Waals surface area contributed by atoms with Crippen molar-refractivity contribution in [1.29, 1.82) is 0 Å². The van der Waals surface area contributed by atoms with Gasteiger partial charge in [0.15, 0.2) is 5.78 Å². The van der Waals surface area contributed by atoms with Gasteiger partial charge >= 0.3 is 0 Å². The van der Waals surface area contributed by atoms with E-state index < -0.39 is 0 Å². The highest BCUT2D eigenvalue weighted by molar-refractivity contribution is 5.91. The third-order valence-corrected chi connectivity index (χ3v) is 6.72. The summed E-state index contributed by atoms with van der Waals surface area (Å²) in [5, 5.41) is 3.46. The van der Waals surface area contributed by atoms with E-state index in [0.717, 1.165) is 30.8 Å². The topological polar surface area (TPSA) is 87.4 Å². The van der Waals surface area contributed by atoms with Gasteiger partial charge in [0.1, 0.15) is 11.6 Å². The number of nitrogens with zero attached hydrogens (tertiary/aromatic N) is 4. The van der Waals surface area contributed by atoms with E-state index in [1.54, 1.807) is 0 Å². The van der Waals surface area contributed by atoms with Crippen LogP contribution in [0.4, 0.5) is 17.6 Å². The molecule has 0 radical (unpaired) electrons. The summed E-state index contributed by atoms with van der Waals surface area (Å²) in [5.41, 5.74) is 9.56. The lowest BCUT2D eigenvalue weighted by Crippen LogP contribution is -2.37. The molecule has 7 heteroatoms. The summed E-state index contributed by atoms with van der Waals surface area (Å²) in [6.07, 6.45) is 7.68. The lowest BCUT2D eigenvalue weighted by atomic mass is 10.0. The lowest BCUT2D eigenvalue weighted by molar-refractivity contribution is -0.117. The first-order chi connectivity index (χ1) is 15.1. The molecule has 5 rings (SSSR count). The molecule has 31 heavy (non-hydrogen) atoms. The molecule has 2 fully saturated rings.